The van der Waals surface area contributed by atoms with Gasteiger partial charge in [-0.1, -0.05) is 41.9 Å². The Morgan fingerprint density at radius 2 is 1.67 bits per heavy atom. The average molecular weight is 256 g/mol. The van der Waals surface area contributed by atoms with Gasteiger partial charge in [-0.3, -0.25) is 4.99 Å². The summed E-state index contributed by atoms with van der Waals surface area (Å²) in [7, 11) is 1.85. The van der Waals surface area contributed by atoms with E-state index < -0.39 is 0 Å². The van der Waals surface area contributed by atoms with Crippen molar-refractivity contribution in [3.05, 3.63) is 69.7 Å². The molecule has 2 heteroatoms. The maximum absolute atomic E-state index is 6.12. The first-order chi connectivity index (χ1) is 8.79. The van der Waals surface area contributed by atoms with E-state index >= 15 is 0 Å². The highest BCUT2D eigenvalue weighted by Crippen LogP contribution is 2.27. The highest BCUT2D eigenvalue weighted by atomic mass is 35.5. The Bertz CT molecular complexity index is 629. The molecular weight excluding hydrogens is 242 g/mol. The SMILES string of the molecule is C/N=C1/c2ccccc2CCc2ccc(Cl)cc21. The van der Waals surface area contributed by atoms with Crippen LogP contribution in [0, 0.1) is 0 Å². The van der Waals surface area contributed by atoms with Gasteiger partial charge in [-0.25, -0.2) is 0 Å². The molecule has 3 rings (SSSR count). The molecule has 0 amide bonds. The Balaban J connectivity index is 2.27. The lowest BCUT2D eigenvalue weighted by molar-refractivity contribution is 0.965. The van der Waals surface area contributed by atoms with Crippen LogP contribution >= 0.6 is 11.6 Å². The van der Waals surface area contributed by atoms with Gasteiger partial charge in [0, 0.05) is 23.2 Å². The smallest absolute Gasteiger partial charge is 0.0721 e. The van der Waals surface area contributed by atoms with E-state index in [4.69, 9.17) is 11.6 Å². The van der Waals surface area contributed by atoms with Gasteiger partial charge in [-0.05, 0) is 36.1 Å². The van der Waals surface area contributed by atoms with Crippen molar-refractivity contribution in [3.8, 4) is 0 Å². The molecule has 18 heavy (non-hydrogen) atoms. The van der Waals surface area contributed by atoms with Gasteiger partial charge in [0.2, 0.25) is 0 Å². The first-order valence-corrected chi connectivity index (χ1v) is 6.51. The molecule has 90 valence electrons. The van der Waals surface area contributed by atoms with Crippen molar-refractivity contribution in [2.45, 2.75) is 12.8 Å². The number of hydrogen-bond acceptors (Lipinski definition) is 1. The second-order valence-corrected chi connectivity index (χ2v) is 4.97. The van der Waals surface area contributed by atoms with Gasteiger partial charge in [0.25, 0.3) is 0 Å². The summed E-state index contributed by atoms with van der Waals surface area (Å²) < 4.78 is 0. The minimum atomic E-state index is 0.772. The molecule has 0 spiro atoms. The van der Waals surface area contributed by atoms with E-state index in [1.807, 2.05) is 19.2 Å². The number of halogens is 1. The molecule has 0 aliphatic heterocycles. The van der Waals surface area contributed by atoms with E-state index in [9.17, 15) is 0 Å². The minimum absolute atomic E-state index is 0.772. The van der Waals surface area contributed by atoms with Crippen LogP contribution < -0.4 is 0 Å². The maximum Gasteiger partial charge on any atom is 0.0721 e. The van der Waals surface area contributed by atoms with Crippen molar-refractivity contribution < 1.29 is 0 Å². The zero-order valence-electron chi connectivity index (χ0n) is 10.3. The van der Waals surface area contributed by atoms with Crippen LogP contribution in [0.25, 0.3) is 0 Å². The third-order valence-electron chi connectivity index (χ3n) is 3.49. The molecule has 0 radical (unpaired) electrons. The van der Waals surface area contributed by atoms with Crippen LogP contribution in [-0.4, -0.2) is 12.8 Å². The highest BCUT2D eigenvalue weighted by molar-refractivity contribution is 6.31. The monoisotopic (exact) mass is 255 g/mol. The fourth-order valence-electron chi connectivity index (χ4n) is 2.61. The number of fused-ring (bicyclic) bond motifs is 2. The van der Waals surface area contributed by atoms with Crippen molar-refractivity contribution >= 4 is 17.3 Å². The minimum Gasteiger partial charge on any atom is -0.287 e. The number of rotatable bonds is 0. The van der Waals surface area contributed by atoms with Crippen LogP contribution in [-0.2, 0) is 12.8 Å². The summed E-state index contributed by atoms with van der Waals surface area (Å²) in [6, 6.07) is 14.6. The molecule has 1 nitrogen and oxygen atoms in total. The van der Waals surface area contributed by atoms with E-state index in [-0.39, 0.29) is 0 Å². The van der Waals surface area contributed by atoms with Gasteiger partial charge in [-0.15, -0.1) is 0 Å². The number of aliphatic imine (C=N–C) groups is 1. The van der Waals surface area contributed by atoms with Crippen LogP contribution in [0.4, 0.5) is 0 Å². The van der Waals surface area contributed by atoms with Crippen LogP contribution in [0.3, 0.4) is 0 Å². The van der Waals surface area contributed by atoms with Crippen LogP contribution in [0.15, 0.2) is 47.5 Å². The van der Waals surface area contributed by atoms with Gasteiger partial charge in [0.05, 0.1) is 5.71 Å². The second-order valence-electron chi connectivity index (χ2n) is 4.53. The summed E-state index contributed by atoms with van der Waals surface area (Å²) in [5.41, 5.74) is 6.16. The molecule has 0 saturated carbocycles. The summed E-state index contributed by atoms with van der Waals surface area (Å²) in [6.07, 6.45) is 2.10. The molecule has 0 atom stereocenters. The van der Waals surface area contributed by atoms with Crippen molar-refractivity contribution in [3.63, 3.8) is 0 Å². The molecular formula is C16H14ClN. The van der Waals surface area contributed by atoms with E-state index in [2.05, 4.69) is 35.3 Å². The van der Waals surface area contributed by atoms with Crippen molar-refractivity contribution in [2.75, 3.05) is 7.05 Å². The largest absolute Gasteiger partial charge is 0.287 e. The standard InChI is InChI=1S/C16H14ClN/c1-18-16-14-5-3-2-4-11(14)6-7-12-8-9-13(17)10-15(12)16/h2-5,8-10H,6-7H2,1H3/b18-16-. The predicted octanol–water partition coefficient (Wildman–Crippen LogP) is 3.91. The molecule has 0 heterocycles. The van der Waals surface area contributed by atoms with Gasteiger partial charge in [0.1, 0.15) is 0 Å². The van der Waals surface area contributed by atoms with E-state index in [0.29, 0.717) is 0 Å². The Labute approximate surface area is 112 Å². The molecule has 2 aromatic rings. The number of aryl methyl sites for hydroxylation is 2. The lowest BCUT2D eigenvalue weighted by Gasteiger charge is -2.09. The van der Waals surface area contributed by atoms with E-state index in [1.165, 1.54) is 22.3 Å². The highest BCUT2D eigenvalue weighted by Gasteiger charge is 2.18. The zero-order valence-corrected chi connectivity index (χ0v) is 11.0. The molecule has 1 aliphatic rings. The zero-order chi connectivity index (χ0) is 12.5. The summed E-state index contributed by atoms with van der Waals surface area (Å²) in [5.74, 6) is 0. The van der Waals surface area contributed by atoms with E-state index in [0.717, 1.165) is 23.6 Å². The van der Waals surface area contributed by atoms with Gasteiger partial charge < -0.3 is 0 Å². The lowest BCUT2D eigenvalue weighted by atomic mass is 9.98. The topological polar surface area (TPSA) is 12.4 Å². The van der Waals surface area contributed by atoms with Gasteiger partial charge in [0.15, 0.2) is 0 Å². The van der Waals surface area contributed by atoms with Gasteiger partial charge >= 0.3 is 0 Å². The molecule has 0 saturated heterocycles. The van der Waals surface area contributed by atoms with Crippen molar-refractivity contribution in [1.29, 1.82) is 0 Å². The average Bonchev–Trinajstić information content (AvgIpc) is 2.54. The van der Waals surface area contributed by atoms with E-state index in [1.54, 1.807) is 0 Å². The van der Waals surface area contributed by atoms with Crippen LogP contribution in [0.5, 0.6) is 0 Å². The molecule has 0 unspecified atom stereocenters. The Morgan fingerprint density at radius 3 is 2.44 bits per heavy atom. The molecule has 0 N–H and O–H groups in total. The van der Waals surface area contributed by atoms with Crippen molar-refractivity contribution in [2.24, 2.45) is 4.99 Å². The quantitative estimate of drug-likeness (QED) is 0.677. The fraction of sp³-hybridized carbons (Fsp3) is 0.188. The molecule has 2 aromatic carbocycles. The predicted molar refractivity (Wildman–Crippen MR) is 76.9 cm³/mol. The maximum atomic E-state index is 6.12. The first-order valence-electron chi connectivity index (χ1n) is 6.13. The number of hydrogen-bond donors (Lipinski definition) is 0. The number of benzene rings is 2. The molecule has 0 aromatic heterocycles. The summed E-state index contributed by atoms with van der Waals surface area (Å²) in [4.78, 5) is 4.49. The van der Waals surface area contributed by atoms with Crippen molar-refractivity contribution in [1.82, 2.24) is 0 Å². The van der Waals surface area contributed by atoms with Gasteiger partial charge in [-0.2, -0.15) is 0 Å². The first kappa shape index (κ1) is 11.5. The molecule has 0 fully saturated rings. The summed E-state index contributed by atoms with van der Waals surface area (Å²) >= 11 is 6.12. The number of nitrogens with zero attached hydrogens (tertiary/aromatic N) is 1. The fourth-order valence-corrected chi connectivity index (χ4v) is 2.78. The Kier molecular flexibility index (Phi) is 2.92. The summed E-state index contributed by atoms with van der Waals surface area (Å²) in [6.45, 7) is 0. The molecule has 1 aliphatic carbocycles. The summed E-state index contributed by atoms with van der Waals surface area (Å²) in [5, 5.41) is 0.772. The normalized spacial score (nSPS) is 16.0. The Hall–Kier alpha value is -1.60. The lowest BCUT2D eigenvalue weighted by Crippen LogP contribution is -2.05. The van der Waals surface area contributed by atoms with Crippen LogP contribution in [0.2, 0.25) is 5.02 Å². The third-order valence-corrected chi connectivity index (χ3v) is 3.72. The second kappa shape index (κ2) is 4.58. The third kappa shape index (κ3) is 1.85. The van der Waals surface area contributed by atoms with Crippen LogP contribution in [0.1, 0.15) is 22.3 Å². The molecule has 0 bridgehead atoms. The Morgan fingerprint density at radius 1 is 0.944 bits per heavy atom.